The average Bonchev–Trinajstić information content (AvgIpc) is 3.62. The summed E-state index contributed by atoms with van der Waals surface area (Å²) in [5.74, 6) is 1.56. The van der Waals surface area contributed by atoms with E-state index in [1.165, 1.54) is 77.9 Å². The lowest BCUT2D eigenvalue weighted by atomic mass is 9.79. The van der Waals surface area contributed by atoms with Crippen LogP contribution in [0.2, 0.25) is 0 Å². The Kier molecular flexibility index (Phi) is 7.81. The highest BCUT2D eigenvalue weighted by molar-refractivity contribution is 6.13. The van der Waals surface area contributed by atoms with Gasteiger partial charge in [-0.2, -0.15) is 0 Å². The maximum absolute atomic E-state index is 6.68. The minimum absolute atomic E-state index is 0.545. The van der Waals surface area contributed by atoms with Crippen molar-refractivity contribution in [2.24, 2.45) is 5.92 Å². The topological polar surface area (TPSA) is 16.4 Å². The molecule has 2 aliphatic rings. The van der Waals surface area contributed by atoms with Crippen molar-refractivity contribution in [2.75, 3.05) is 4.90 Å². The minimum atomic E-state index is 0.545. The molecule has 1 aromatic heterocycles. The molecule has 2 nitrogen and oxygen atoms in total. The first-order valence-corrected chi connectivity index (χ1v) is 19.7. The minimum Gasteiger partial charge on any atom is -0.456 e. The summed E-state index contributed by atoms with van der Waals surface area (Å²) in [5, 5.41) is 6.23. The van der Waals surface area contributed by atoms with Gasteiger partial charge in [0.2, 0.25) is 0 Å². The Balaban J connectivity index is 1.03. The molecular formula is C54H39NO. The van der Waals surface area contributed by atoms with Crippen molar-refractivity contribution < 1.29 is 4.42 Å². The van der Waals surface area contributed by atoms with Gasteiger partial charge in [-0.05, 0) is 129 Å². The molecule has 8 aromatic carbocycles. The third-order valence-electron chi connectivity index (χ3n) is 11.9. The monoisotopic (exact) mass is 717 g/mol. The quantitative estimate of drug-likeness (QED) is 0.170. The van der Waals surface area contributed by atoms with Gasteiger partial charge in [0, 0.05) is 33.6 Å². The molecular weight excluding hydrogens is 679 g/mol. The number of anilines is 3. The summed E-state index contributed by atoms with van der Waals surface area (Å²) in [6.45, 7) is 0. The van der Waals surface area contributed by atoms with Gasteiger partial charge in [-0.3, -0.25) is 0 Å². The Labute approximate surface area is 327 Å². The van der Waals surface area contributed by atoms with Gasteiger partial charge in [0.1, 0.15) is 11.3 Å². The summed E-state index contributed by atoms with van der Waals surface area (Å²) in [4.78, 5) is 2.37. The highest BCUT2D eigenvalue weighted by atomic mass is 16.3. The van der Waals surface area contributed by atoms with Crippen LogP contribution in [-0.4, -0.2) is 0 Å². The molecule has 0 fully saturated rings. The largest absolute Gasteiger partial charge is 0.456 e. The first kappa shape index (κ1) is 32.5. The van der Waals surface area contributed by atoms with E-state index in [0.29, 0.717) is 5.92 Å². The SMILES string of the molecule is C1=CC2=Cc3oc4cc5ccccc5c(-c5ccc(N(c6ccc(-c7ccccc7)cc6)c6ccc(-c7cccc8ccccc78)cc6)cc5)c4c3CC2CC1. The van der Waals surface area contributed by atoms with E-state index < -0.39 is 0 Å². The van der Waals surface area contributed by atoms with Crippen LogP contribution in [-0.2, 0) is 6.42 Å². The summed E-state index contributed by atoms with van der Waals surface area (Å²) in [7, 11) is 0. The van der Waals surface area contributed by atoms with Gasteiger partial charge < -0.3 is 9.32 Å². The van der Waals surface area contributed by atoms with Crippen molar-refractivity contribution in [1.82, 2.24) is 0 Å². The lowest BCUT2D eigenvalue weighted by Crippen LogP contribution is -2.13. The zero-order chi connectivity index (χ0) is 37.0. The second kappa shape index (κ2) is 13.4. The van der Waals surface area contributed by atoms with Gasteiger partial charge in [-0.1, -0.05) is 146 Å². The second-order valence-corrected chi connectivity index (χ2v) is 15.2. The fourth-order valence-electron chi connectivity index (χ4n) is 9.15. The van der Waals surface area contributed by atoms with Gasteiger partial charge in [0.15, 0.2) is 0 Å². The average molecular weight is 718 g/mol. The molecule has 2 aliphatic carbocycles. The number of allylic oxidation sites excluding steroid dienone is 3. The lowest BCUT2D eigenvalue weighted by molar-refractivity contribution is 0.533. The van der Waals surface area contributed by atoms with Crippen molar-refractivity contribution >= 4 is 55.7 Å². The third-order valence-corrected chi connectivity index (χ3v) is 11.9. The molecule has 11 rings (SSSR count). The summed E-state index contributed by atoms with van der Waals surface area (Å²) >= 11 is 0. The Bertz CT molecular complexity index is 2960. The molecule has 0 radical (unpaired) electrons. The number of rotatable bonds is 6. The predicted molar refractivity (Wildman–Crippen MR) is 236 cm³/mol. The first-order chi connectivity index (χ1) is 27.7. The molecule has 9 aromatic rings. The number of hydrogen-bond acceptors (Lipinski definition) is 2. The van der Waals surface area contributed by atoms with Crippen LogP contribution >= 0.6 is 0 Å². The molecule has 56 heavy (non-hydrogen) atoms. The fourth-order valence-corrected chi connectivity index (χ4v) is 9.15. The molecule has 1 atom stereocenters. The van der Waals surface area contributed by atoms with Crippen LogP contribution in [0.1, 0.15) is 24.2 Å². The molecule has 0 saturated carbocycles. The Morgan fingerprint density at radius 1 is 0.518 bits per heavy atom. The predicted octanol–water partition coefficient (Wildman–Crippen LogP) is 15.1. The zero-order valence-corrected chi connectivity index (χ0v) is 31.0. The highest BCUT2D eigenvalue weighted by Gasteiger charge is 2.28. The second-order valence-electron chi connectivity index (χ2n) is 15.2. The molecule has 0 bridgehead atoms. The van der Waals surface area contributed by atoms with E-state index in [4.69, 9.17) is 4.42 Å². The molecule has 0 amide bonds. The van der Waals surface area contributed by atoms with Gasteiger partial charge in [-0.25, -0.2) is 0 Å². The van der Waals surface area contributed by atoms with Gasteiger partial charge in [-0.15, -0.1) is 0 Å². The normalized spacial score (nSPS) is 14.8. The molecule has 0 N–H and O–H groups in total. The molecule has 1 heterocycles. The summed E-state index contributed by atoms with van der Waals surface area (Å²) < 4.78 is 6.68. The van der Waals surface area contributed by atoms with Crippen LogP contribution in [0.25, 0.3) is 72.0 Å². The Morgan fingerprint density at radius 3 is 1.88 bits per heavy atom. The smallest absolute Gasteiger partial charge is 0.136 e. The van der Waals surface area contributed by atoms with Crippen LogP contribution in [0.15, 0.2) is 198 Å². The number of fused-ring (bicyclic) bond motifs is 6. The summed E-state index contributed by atoms with van der Waals surface area (Å²) in [5.41, 5.74) is 14.4. The van der Waals surface area contributed by atoms with Crippen LogP contribution in [0.5, 0.6) is 0 Å². The van der Waals surface area contributed by atoms with Crippen molar-refractivity contribution in [2.45, 2.75) is 19.3 Å². The number of furan rings is 1. The van der Waals surface area contributed by atoms with E-state index in [1.54, 1.807) is 0 Å². The van der Waals surface area contributed by atoms with Crippen LogP contribution in [0.3, 0.4) is 0 Å². The van der Waals surface area contributed by atoms with Gasteiger partial charge >= 0.3 is 0 Å². The van der Waals surface area contributed by atoms with E-state index in [1.807, 2.05) is 0 Å². The number of benzene rings is 8. The van der Waals surface area contributed by atoms with E-state index in [0.717, 1.165) is 41.2 Å². The van der Waals surface area contributed by atoms with Crippen molar-refractivity contribution in [3.05, 3.63) is 205 Å². The molecule has 0 saturated heterocycles. The van der Waals surface area contributed by atoms with Crippen molar-refractivity contribution in [3.8, 4) is 33.4 Å². The fraction of sp³-hybridized carbons (Fsp3) is 0.0741. The summed E-state index contributed by atoms with van der Waals surface area (Å²) in [6.07, 6.45) is 10.3. The standard InChI is InChI=1S/C54H39NO/c1-2-11-36(12-3-1)37-21-27-44(28-22-37)55(45-29-23-39(24-30-45)48-20-10-17-38-13-6-8-18-47(38)48)46-31-25-40(26-32-46)53-49-19-9-7-16-43(49)35-52-54(53)50-33-41-14-4-5-15-42(41)34-51(50)56-52/h1-3,5-13,15-32,34-35,41H,4,14,33H2. The van der Waals surface area contributed by atoms with E-state index >= 15 is 0 Å². The Hall–Kier alpha value is -6.90. The first-order valence-electron chi connectivity index (χ1n) is 19.7. The summed E-state index contributed by atoms with van der Waals surface area (Å²) in [6, 6.07) is 63.9. The molecule has 2 heteroatoms. The molecule has 1 unspecified atom stereocenters. The molecule has 0 spiro atoms. The lowest BCUT2D eigenvalue weighted by Gasteiger charge is -2.26. The zero-order valence-electron chi connectivity index (χ0n) is 31.0. The third kappa shape index (κ3) is 5.57. The number of hydrogen-bond donors (Lipinski definition) is 0. The van der Waals surface area contributed by atoms with E-state index in [2.05, 4.69) is 199 Å². The number of nitrogens with zero attached hydrogens (tertiary/aromatic N) is 1. The molecule has 0 aliphatic heterocycles. The maximum Gasteiger partial charge on any atom is 0.136 e. The highest BCUT2D eigenvalue weighted by Crippen LogP contribution is 2.46. The van der Waals surface area contributed by atoms with Crippen LogP contribution < -0.4 is 4.90 Å². The molecule has 266 valence electrons. The van der Waals surface area contributed by atoms with Crippen molar-refractivity contribution in [1.29, 1.82) is 0 Å². The van der Waals surface area contributed by atoms with Crippen LogP contribution in [0, 0.1) is 5.92 Å². The van der Waals surface area contributed by atoms with E-state index in [9.17, 15) is 0 Å². The maximum atomic E-state index is 6.68. The van der Waals surface area contributed by atoms with Crippen molar-refractivity contribution in [3.63, 3.8) is 0 Å². The van der Waals surface area contributed by atoms with Crippen LogP contribution in [0.4, 0.5) is 17.1 Å². The Morgan fingerprint density at radius 2 is 1.12 bits per heavy atom. The van der Waals surface area contributed by atoms with E-state index in [-0.39, 0.29) is 0 Å². The van der Waals surface area contributed by atoms with Gasteiger partial charge in [0.05, 0.1) is 0 Å². The van der Waals surface area contributed by atoms with Gasteiger partial charge in [0.25, 0.3) is 0 Å².